The lowest BCUT2D eigenvalue weighted by molar-refractivity contribution is 0.398. The second kappa shape index (κ2) is 4.37. The Kier molecular flexibility index (Phi) is 3.12. The van der Waals surface area contributed by atoms with Crippen molar-refractivity contribution >= 4 is 27.5 Å². The molecule has 0 spiro atoms. The van der Waals surface area contributed by atoms with Crippen molar-refractivity contribution in [3.63, 3.8) is 0 Å². The number of benzene rings is 1. The van der Waals surface area contributed by atoms with E-state index in [4.69, 9.17) is 16.1 Å². The summed E-state index contributed by atoms with van der Waals surface area (Å²) in [5, 5.41) is 5.31. The fourth-order valence-electron chi connectivity index (χ4n) is 1.33. The zero-order valence-corrected chi connectivity index (χ0v) is 10.5. The maximum Gasteiger partial charge on any atom is 0.147 e. The third kappa shape index (κ3) is 2.24. The van der Waals surface area contributed by atoms with E-state index in [9.17, 15) is 0 Å². The first-order chi connectivity index (χ1) is 7.20. The highest BCUT2D eigenvalue weighted by atomic mass is 79.9. The number of aryl methyl sites for hydroxylation is 1. The van der Waals surface area contributed by atoms with Crippen LogP contribution < -0.4 is 0 Å². The quantitative estimate of drug-likeness (QED) is 0.773. The zero-order chi connectivity index (χ0) is 10.8. The van der Waals surface area contributed by atoms with Gasteiger partial charge in [-0.15, -0.1) is 0 Å². The van der Waals surface area contributed by atoms with Crippen LogP contribution in [0.3, 0.4) is 0 Å². The lowest BCUT2D eigenvalue weighted by Gasteiger charge is -2.00. The molecule has 15 heavy (non-hydrogen) atoms. The van der Waals surface area contributed by atoms with E-state index in [1.54, 1.807) is 0 Å². The molecule has 2 rings (SSSR count). The SMILES string of the molecule is Cc1ccc(-c2cc(CBr)on2)c(Cl)c1. The Balaban J connectivity index is 2.44. The van der Waals surface area contributed by atoms with Gasteiger partial charge in [0.25, 0.3) is 0 Å². The van der Waals surface area contributed by atoms with Crippen LogP contribution in [-0.4, -0.2) is 5.16 Å². The van der Waals surface area contributed by atoms with Gasteiger partial charge in [0, 0.05) is 11.6 Å². The van der Waals surface area contributed by atoms with Crippen LogP contribution in [0.1, 0.15) is 11.3 Å². The van der Waals surface area contributed by atoms with Crippen molar-refractivity contribution in [2.45, 2.75) is 12.3 Å². The molecule has 0 atom stereocenters. The molecule has 1 aromatic heterocycles. The minimum absolute atomic E-state index is 0.656. The van der Waals surface area contributed by atoms with Gasteiger partial charge >= 0.3 is 0 Å². The number of alkyl halides is 1. The van der Waals surface area contributed by atoms with Crippen LogP contribution in [0.2, 0.25) is 5.02 Å². The van der Waals surface area contributed by atoms with Crippen molar-refractivity contribution in [3.05, 3.63) is 40.6 Å². The molecule has 0 unspecified atom stereocenters. The second-order valence-corrected chi connectivity index (χ2v) is 4.26. The summed E-state index contributed by atoms with van der Waals surface area (Å²) in [5.41, 5.74) is 2.81. The van der Waals surface area contributed by atoms with Crippen LogP contribution in [0.4, 0.5) is 0 Å². The lowest BCUT2D eigenvalue weighted by atomic mass is 10.1. The molecular weight excluding hydrogens is 277 g/mol. The third-order valence-corrected chi connectivity index (χ3v) is 2.96. The first-order valence-corrected chi connectivity index (χ1v) is 5.98. The molecule has 4 heteroatoms. The van der Waals surface area contributed by atoms with Crippen LogP contribution in [-0.2, 0) is 5.33 Å². The molecule has 0 aliphatic rings. The van der Waals surface area contributed by atoms with E-state index in [2.05, 4.69) is 21.1 Å². The highest BCUT2D eigenvalue weighted by Crippen LogP contribution is 2.28. The monoisotopic (exact) mass is 285 g/mol. The van der Waals surface area contributed by atoms with E-state index in [-0.39, 0.29) is 0 Å². The second-order valence-electron chi connectivity index (χ2n) is 3.30. The molecular formula is C11H9BrClNO. The summed E-state index contributed by atoms with van der Waals surface area (Å²) in [6.45, 7) is 2.00. The number of nitrogens with zero attached hydrogens (tertiary/aromatic N) is 1. The van der Waals surface area contributed by atoms with Crippen molar-refractivity contribution in [3.8, 4) is 11.3 Å². The van der Waals surface area contributed by atoms with E-state index in [1.165, 1.54) is 0 Å². The fraction of sp³-hybridized carbons (Fsp3) is 0.182. The van der Waals surface area contributed by atoms with Crippen LogP contribution in [0.15, 0.2) is 28.8 Å². The smallest absolute Gasteiger partial charge is 0.147 e. The molecule has 0 saturated heterocycles. The number of aromatic nitrogens is 1. The first-order valence-electron chi connectivity index (χ1n) is 4.49. The summed E-state index contributed by atoms with van der Waals surface area (Å²) in [4.78, 5) is 0. The van der Waals surface area contributed by atoms with Crippen LogP contribution >= 0.6 is 27.5 Å². The summed E-state index contributed by atoms with van der Waals surface area (Å²) in [5.74, 6) is 0.793. The Morgan fingerprint density at radius 3 is 2.80 bits per heavy atom. The predicted octanol–water partition coefficient (Wildman–Crippen LogP) is 4.20. The molecule has 0 aliphatic carbocycles. The Bertz CT molecular complexity index is 481. The summed E-state index contributed by atoms with van der Waals surface area (Å²) >= 11 is 9.43. The molecule has 0 amide bonds. The molecule has 0 bridgehead atoms. The molecule has 2 aromatic rings. The molecule has 0 aliphatic heterocycles. The Hall–Kier alpha value is -0.800. The van der Waals surface area contributed by atoms with Crippen molar-refractivity contribution in [1.29, 1.82) is 0 Å². The van der Waals surface area contributed by atoms with Gasteiger partial charge in [0.2, 0.25) is 0 Å². The lowest BCUT2D eigenvalue weighted by Crippen LogP contribution is -1.80. The van der Waals surface area contributed by atoms with Gasteiger partial charge in [-0.1, -0.05) is 44.8 Å². The van der Waals surface area contributed by atoms with E-state index in [1.807, 2.05) is 31.2 Å². The molecule has 2 nitrogen and oxygen atoms in total. The highest BCUT2D eigenvalue weighted by molar-refractivity contribution is 9.08. The minimum atomic E-state index is 0.656. The first kappa shape index (κ1) is 10.7. The molecule has 0 radical (unpaired) electrons. The summed E-state index contributed by atoms with van der Waals surface area (Å²) < 4.78 is 5.10. The molecule has 0 fully saturated rings. The van der Waals surface area contributed by atoms with Gasteiger partial charge in [0.05, 0.1) is 10.4 Å². The largest absolute Gasteiger partial charge is 0.360 e. The number of hydrogen-bond donors (Lipinski definition) is 0. The van der Waals surface area contributed by atoms with E-state index >= 15 is 0 Å². The zero-order valence-electron chi connectivity index (χ0n) is 8.13. The molecule has 78 valence electrons. The van der Waals surface area contributed by atoms with Gasteiger partial charge in [-0.25, -0.2) is 0 Å². The van der Waals surface area contributed by atoms with Crippen molar-refractivity contribution < 1.29 is 4.52 Å². The van der Waals surface area contributed by atoms with Crippen molar-refractivity contribution in [1.82, 2.24) is 5.16 Å². The topological polar surface area (TPSA) is 26.0 Å². The average molecular weight is 287 g/mol. The molecule has 0 N–H and O–H groups in total. The number of hydrogen-bond acceptors (Lipinski definition) is 2. The Morgan fingerprint density at radius 1 is 1.40 bits per heavy atom. The van der Waals surface area contributed by atoms with Crippen molar-refractivity contribution in [2.24, 2.45) is 0 Å². The molecule has 1 aromatic carbocycles. The van der Waals surface area contributed by atoms with Crippen LogP contribution in [0.25, 0.3) is 11.3 Å². The summed E-state index contributed by atoms with van der Waals surface area (Å²) in [7, 11) is 0. The normalized spacial score (nSPS) is 10.6. The van der Waals surface area contributed by atoms with E-state index in [0.717, 1.165) is 22.6 Å². The predicted molar refractivity (Wildman–Crippen MR) is 64.3 cm³/mol. The van der Waals surface area contributed by atoms with Crippen LogP contribution in [0.5, 0.6) is 0 Å². The Morgan fingerprint density at radius 2 is 2.20 bits per heavy atom. The summed E-state index contributed by atoms with van der Waals surface area (Å²) in [6.07, 6.45) is 0. The Labute approximate surface area is 101 Å². The fourth-order valence-corrected chi connectivity index (χ4v) is 1.93. The van der Waals surface area contributed by atoms with Crippen molar-refractivity contribution in [2.75, 3.05) is 0 Å². The number of rotatable bonds is 2. The van der Waals surface area contributed by atoms with Gasteiger partial charge < -0.3 is 4.52 Å². The van der Waals surface area contributed by atoms with E-state index in [0.29, 0.717) is 10.4 Å². The highest BCUT2D eigenvalue weighted by Gasteiger charge is 2.09. The van der Waals surface area contributed by atoms with Crippen LogP contribution in [0, 0.1) is 6.92 Å². The van der Waals surface area contributed by atoms with Gasteiger partial charge in [-0.05, 0) is 18.6 Å². The van der Waals surface area contributed by atoms with Gasteiger partial charge in [-0.3, -0.25) is 0 Å². The number of halogens is 2. The maximum absolute atomic E-state index is 6.12. The summed E-state index contributed by atoms with van der Waals surface area (Å²) in [6, 6.07) is 7.75. The van der Waals surface area contributed by atoms with Gasteiger partial charge in [0.1, 0.15) is 11.5 Å². The van der Waals surface area contributed by atoms with Gasteiger partial charge in [-0.2, -0.15) is 0 Å². The maximum atomic E-state index is 6.12. The molecule has 1 heterocycles. The average Bonchev–Trinajstić information content (AvgIpc) is 2.66. The molecule has 0 saturated carbocycles. The standard InChI is InChI=1S/C11H9BrClNO/c1-7-2-3-9(10(13)4-7)11-5-8(6-12)15-14-11/h2-5H,6H2,1H3. The minimum Gasteiger partial charge on any atom is -0.360 e. The van der Waals surface area contributed by atoms with Gasteiger partial charge in [0.15, 0.2) is 0 Å². The third-order valence-electron chi connectivity index (χ3n) is 2.09. The van der Waals surface area contributed by atoms with E-state index < -0.39 is 0 Å².